The first-order chi connectivity index (χ1) is 6.45. The molecule has 1 heteroatoms. The third-order valence-corrected chi connectivity index (χ3v) is 2.67. The Labute approximate surface area is 77.4 Å². The van der Waals surface area contributed by atoms with Crippen LogP contribution in [0.5, 0.6) is 0 Å². The third kappa shape index (κ3) is 0.998. The molecule has 1 radical (unpaired) electrons. The van der Waals surface area contributed by atoms with Gasteiger partial charge in [0.25, 0.3) is 0 Å². The van der Waals surface area contributed by atoms with Gasteiger partial charge in [-0.1, -0.05) is 18.2 Å². The summed E-state index contributed by atoms with van der Waals surface area (Å²) < 4.78 is 5.76. The summed E-state index contributed by atoms with van der Waals surface area (Å²) in [5.74, 6) is 1.17. The molecule has 0 N–H and O–H groups in total. The summed E-state index contributed by atoms with van der Waals surface area (Å²) in [4.78, 5) is 0. The third-order valence-electron chi connectivity index (χ3n) is 2.67. The molecule has 0 bridgehead atoms. The van der Waals surface area contributed by atoms with Crippen LogP contribution in [-0.2, 0) is 6.42 Å². The summed E-state index contributed by atoms with van der Waals surface area (Å²) in [6.07, 6.45) is 5.81. The van der Waals surface area contributed by atoms with Crippen LogP contribution in [-0.4, -0.2) is 0 Å². The zero-order valence-corrected chi connectivity index (χ0v) is 7.42. The second kappa shape index (κ2) is 2.63. The number of hydrogen-bond donors (Lipinski definition) is 0. The fourth-order valence-corrected chi connectivity index (χ4v) is 2.03. The van der Waals surface area contributed by atoms with Gasteiger partial charge in [-0.15, -0.1) is 0 Å². The van der Waals surface area contributed by atoms with Crippen LogP contribution in [0.25, 0.3) is 11.0 Å². The zero-order chi connectivity index (χ0) is 8.67. The van der Waals surface area contributed by atoms with E-state index in [1.54, 1.807) is 0 Å². The van der Waals surface area contributed by atoms with E-state index >= 15 is 0 Å². The molecule has 1 nitrogen and oxygen atoms in total. The van der Waals surface area contributed by atoms with Crippen molar-refractivity contribution in [3.63, 3.8) is 0 Å². The van der Waals surface area contributed by atoms with Gasteiger partial charge in [0.2, 0.25) is 0 Å². The average molecular weight is 171 g/mol. The van der Waals surface area contributed by atoms with Gasteiger partial charge in [0.1, 0.15) is 11.3 Å². The smallest absolute Gasteiger partial charge is 0.134 e. The molecule has 13 heavy (non-hydrogen) atoms. The predicted molar refractivity (Wildman–Crippen MR) is 52.6 cm³/mol. The Morgan fingerprint density at radius 1 is 1.15 bits per heavy atom. The summed E-state index contributed by atoms with van der Waals surface area (Å²) in [6, 6.07) is 8.28. The van der Waals surface area contributed by atoms with E-state index in [9.17, 15) is 0 Å². The number of furan rings is 1. The standard InChI is InChI=1S/C12H11O/c1-3-7-11-9(5-1)10-6-2-4-8-12(10)13-11/h1,3,5-7H,2,4,8H2. The summed E-state index contributed by atoms with van der Waals surface area (Å²) >= 11 is 0. The van der Waals surface area contributed by atoms with Crippen molar-refractivity contribution in [2.45, 2.75) is 19.3 Å². The highest BCUT2D eigenvalue weighted by Gasteiger charge is 2.16. The molecule has 1 aromatic heterocycles. The largest absolute Gasteiger partial charge is 0.461 e. The molecule has 0 aliphatic heterocycles. The summed E-state index contributed by atoms with van der Waals surface area (Å²) in [5, 5.41) is 1.28. The molecule has 65 valence electrons. The highest BCUT2D eigenvalue weighted by Crippen LogP contribution is 2.32. The number of benzene rings is 1. The zero-order valence-electron chi connectivity index (χ0n) is 7.42. The lowest BCUT2D eigenvalue weighted by Crippen LogP contribution is -1.96. The van der Waals surface area contributed by atoms with E-state index in [-0.39, 0.29) is 0 Å². The lowest BCUT2D eigenvalue weighted by molar-refractivity contribution is 0.524. The van der Waals surface area contributed by atoms with Crippen LogP contribution < -0.4 is 0 Å². The van der Waals surface area contributed by atoms with Gasteiger partial charge in [0.15, 0.2) is 0 Å². The van der Waals surface area contributed by atoms with Crippen molar-refractivity contribution >= 4 is 11.0 Å². The van der Waals surface area contributed by atoms with Gasteiger partial charge in [-0.05, 0) is 25.3 Å². The van der Waals surface area contributed by atoms with Crippen LogP contribution in [0.15, 0.2) is 28.7 Å². The molecule has 3 rings (SSSR count). The quantitative estimate of drug-likeness (QED) is 0.592. The molecule has 0 amide bonds. The van der Waals surface area contributed by atoms with Crippen LogP contribution in [0.2, 0.25) is 0 Å². The molecule has 0 saturated carbocycles. The van der Waals surface area contributed by atoms with Crippen LogP contribution in [0.1, 0.15) is 24.2 Å². The topological polar surface area (TPSA) is 13.1 Å². The van der Waals surface area contributed by atoms with E-state index < -0.39 is 0 Å². The van der Waals surface area contributed by atoms with Gasteiger partial charge >= 0.3 is 0 Å². The van der Waals surface area contributed by atoms with Gasteiger partial charge in [0.05, 0.1) is 0 Å². The Balaban J connectivity index is 2.34. The normalized spacial score (nSPS) is 16.0. The molecule has 2 aromatic rings. The second-order valence-electron chi connectivity index (χ2n) is 3.53. The highest BCUT2D eigenvalue weighted by molar-refractivity contribution is 5.83. The summed E-state index contributed by atoms with van der Waals surface area (Å²) in [6.45, 7) is 0. The Morgan fingerprint density at radius 3 is 3.08 bits per heavy atom. The number of rotatable bonds is 0. The van der Waals surface area contributed by atoms with E-state index in [1.165, 1.54) is 29.6 Å². The van der Waals surface area contributed by atoms with E-state index in [0.29, 0.717) is 0 Å². The lowest BCUT2D eigenvalue weighted by Gasteiger charge is -2.07. The fraction of sp³-hybridized carbons (Fsp3) is 0.250. The minimum Gasteiger partial charge on any atom is -0.461 e. The van der Waals surface area contributed by atoms with Gasteiger partial charge in [-0.2, -0.15) is 0 Å². The summed E-state index contributed by atoms with van der Waals surface area (Å²) in [7, 11) is 0. The SMILES string of the molecule is [CH]1CCCc2oc3ccccc3c21. The number of aryl methyl sites for hydroxylation is 1. The maximum absolute atomic E-state index is 5.76. The number of hydrogen-bond acceptors (Lipinski definition) is 1. The van der Waals surface area contributed by atoms with Crippen LogP contribution >= 0.6 is 0 Å². The second-order valence-corrected chi connectivity index (χ2v) is 3.53. The molecule has 0 saturated heterocycles. The number of fused-ring (bicyclic) bond motifs is 3. The Hall–Kier alpha value is -1.24. The maximum atomic E-state index is 5.76. The summed E-state index contributed by atoms with van der Waals surface area (Å²) in [5.41, 5.74) is 2.37. The number of para-hydroxylation sites is 1. The highest BCUT2D eigenvalue weighted by atomic mass is 16.3. The van der Waals surface area contributed by atoms with Crippen LogP contribution in [0, 0.1) is 6.42 Å². The minimum atomic E-state index is 1.03. The molecule has 1 aliphatic carbocycles. The monoisotopic (exact) mass is 171 g/mol. The van der Waals surface area contributed by atoms with Crippen molar-refractivity contribution in [3.8, 4) is 0 Å². The molecule has 0 spiro atoms. The first kappa shape index (κ1) is 7.19. The van der Waals surface area contributed by atoms with Gasteiger partial charge in [0, 0.05) is 17.4 Å². The molecule has 0 unspecified atom stereocenters. The molecule has 0 fully saturated rings. The first-order valence-corrected chi connectivity index (χ1v) is 4.79. The van der Waals surface area contributed by atoms with Gasteiger partial charge in [-0.3, -0.25) is 0 Å². The molecule has 1 aromatic carbocycles. The van der Waals surface area contributed by atoms with E-state index in [0.717, 1.165) is 12.0 Å². The Morgan fingerprint density at radius 2 is 2.08 bits per heavy atom. The molecule has 1 heterocycles. The maximum Gasteiger partial charge on any atom is 0.134 e. The van der Waals surface area contributed by atoms with Crippen molar-refractivity contribution < 1.29 is 4.42 Å². The Kier molecular flexibility index (Phi) is 1.45. The lowest BCUT2D eigenvalue weighted by atomic mass is 9.96. The van der Waals surface area contributed by atoms with E-state index in [1.807, 2.05) is 12.1 Å². The molecule has 1 aliphatic rings. The van der Waals surface area contributed by atoms with Crippen LogP contribution in [0.3, 0.4) is 0 Å². The molecule has 0 atom stereocenters. The average Bonchev–Trinajstić information content (AvgIpc) is 2.56. The van der Waals surface area contributed by atoms with Crippen LogP contribution in [0.4, 0.5) is 0 Å². The van der Waals surface area contributed by atoms with Gasteiger partial charge in [-0.25, -0.2) is 0 Å². The van der Waals surface area contributed by atoms with Crippen molar-refractivity contribution in [3.05, 3.63) is 42.0 Å². The molecular formula is C12H11O. The van der Waals surface area contributed by atoms with Gasteiger partial charge < -0.3 is 4.42 Å². The fourth-order valence-electron chi connectivity index (χ4n) is 2.03. The van der Waals surface area contributed by atoms with E-state index in [4.69, 9.17) is 4.42 Å². The van der Waals surface area contributed by atoms with E-state index in [2.05, 4.69) is 18.6 Å². The van der Waals surface area contributed by atoms with Crippen molar-refractivity contribution in [1.29, 1.82) is 0 Å². The minimum absolute atomic E-state index is 1.03. The van der Waals surface area contributed by atoms with Crippen molar-refractivity contribution in [1.82, 2.24) is 0 Å². The van der Waals surface area contributed by atoms with Crippen molar-refractivity contribution in [2.75, 3.05) is 0 Å². The van der Waals surface area contributed by atoms with Crippen molar-refractivity contribution in [2.24, 2.45) is 0 Å². The Bertz CT molecular complexity index is 439. The predicted octanol–water partition coefficient (Wildman–Crippen LogP) is 3.32. The first-order valence-electron chi connectivity index (χ1n) is 4.79. The molecular weight excluding hydrogens is 160 g/mol.